The smallest absolute Gasteiger partial charge is 0.148 e. The summed E-state index contributed by atoms with van der Waals surface area (Å²) in [5.41, 5.74) is 4.47. The van der Waals surface area contributed by atoms with E-state index >= 15 is 0 Å². The van der Waals surface area contributed by atoms with E-state index in [0.717, 1.165) is 6.42 Å². The molecule has 0 aliphatic carbocycles. The van der Waals surface area contributed by atoms with E-state index in [4.69, 9.17) is 9.47 Å². The van der Waals surface area contributed by atoms with Crippen molar-refractivity contribution < 1.29 is 14.6 Å². The van der Waals surface area contributed by atoms with Gasteiger partial charge in [-0.2, -0.15) is 0 Å². The van der Waals surface area contributed by atoms with E-state index in [0.29, 0.717) is 6.42 Å². The van der Waals surface area contributed by atoms with Gasteiger partial charge in [-0.05, 0) is 18.4 Å². The van der Waals surface area contributed by atoms with Crippen molar-refractivity contribution in [2.45, 2.75) is 44.7 Å². The van der Waals surface area contributed by atoms with Crippen molar-refractivity contribution >= 4 is 8.07 Å². The normalized spacial score (nSPS) is 14.1. The highest BCUT2D eigenvalue weighted by molar-refractivity contribution is 6.83. The molecule has 4 heteroatoms. The third-order valence-corrected chi connectivity index (χ3v) is 3.77. The molecule has 0 heterocycles. The molecule has 0 aliphatic heterocycles. The molecule has 1 N–H and O–H groups in total. The van der Waals surface area contributed by atoms with Gasteiger partial charge < -0.3 is 14.6 Å². The fourth-order valence-electron chi connectivity index (χ4n) is 1.79. The van der Waals surface area contributed by atoms with Crippen molar-refractivity contribution in [2.24, 2.45) is 0 Å². The van der Waals surface area contributed by atoms with Crippen LogP contribution in [0.5, 0.6) is 0 Å². The van der Waals surface area contributed by atoms with Crippen LogP contribution in [-0.4, -0.2) is 39.3 Å². The molecule has 2 atom stereocenters. The molecule has 1 aromatic rings. The lowest BCUT2D eigenvalue weighted by atomic mass is 10.0. The van der Waals surface area contributed by atoms with Crippen LogP contribution >= 0.6 is 0 Å². The van der Waals surface area contributed by atoms with Gasteiger partial charge in [-0.1, -0.05) is 55.9 Å². The van der Waals surface area contributed by atoms with Crippen molar-refractivity contribution in [1.82, 2.24) is 0 Å². The molecule has 0 radical (unpaired) electrons. The van der Waals surface area contributed by atoms with Gasteiger partial charge in [-0.25, -0.2) is 0 Å². The number of methoxy groups -OCH3 is 1. The number of rotatable bonds is 7. The number of benzene rings is 1. The average molecular weight is 306 g/mol. The molecule has 0 aliphatic rings. The first-order valence-corrected chi connectivity index (χ1v) is 10.8. The Morgan fingerprint density at radius 1 is 1.19 bits per heavy atom. The van der Waals surface area contributed by atoms with E-state index in [2.05, 4.69) is 43.2 Å². The Labute approximate surface area is 129 Å². The molecule has 0 saturated heterocycles. The van der Waals surface area contributed by atoms with Gasteiger partial charge in [0.1, 0.15) is 21.0 Å². The molecule has 1 aromatic carbocycles. The number of ether oxygens (including phenoxy) is 2. The van der Waals surface area contributed by atoms with E-state index in [1.54, 1.807) is 7.11 Å². The van der Waals surface area contributed by atoms with Crippen molar-refractivity contribution in [3.63, 3.8) is 0 Å². The van der Waals surface area contributed by atoms with Crippen molar-refractivity contribution in [2.75, 3.05) is 13.9 Å². The standard InChI is InChI=1S/C17H26O3Si/c1-19-14-20-17(12-13-21(2,3)4)16(18)11-10-15-8-6-5-7-9-15/h5-9,16-18H,10-11,14H2,1-4H3/t16-,17-/m1/s1. The lowest BCUT2D eigenvalue weighted by Crippen LogP contribution is -2.30. The van der Waals surface area contributed by atoms with Gasteiger partial charge in [-0.15, -0.1) is 5.54 Å². The van der Waals surface area contributed by atoms with Crippen LogP contribution in [0.3, 0.4) is 0 Å². The number of hydrogen-bond acceptors (Lipinski definition) is 3. The first-order chi connectivity index (χ1) is 9.92. The highest BCUT2D eigenvalue weighted by atomic mass is 28.3. The van der Waals surface area contributed by atoms with E-state index in [9.17, 15) is 5.11 Å². The summed E-state index contributed by atoms with van der Waals surface area (Å²) < 4.78 is 10.4. The van der Waals surface area contributed by atoms with Gasteiger partial charge in [0.25, 0.3) is 0 Å². The molecular weight excluding hydrogens is 280 g/mol. The molecule has 0 amide bonds. The first kappa shape index (κ1) is 17.9. The monoisotopic (exact) mass is 306 g/mol. The Balaban J connectivity index is 2.61. The summed E-state index contributed by atoms with van der Waals surface area (Å²) in [5.74, 6) is 3.09. The Hall–Kier alpha value is -1.12. The summed E-state index contributed by atoms with van der Waals surface area (Å²) in [6, 6.07) is 10.1. The summed E-state index contributed by atoms with van der Waals surface area (Å²) in [5, 5.41) is 10.3. The van der Waals surface area contributed by atoms with E-state index in [1.807, 2.05) is 18.2 Å². The molecule has 0 unspecified atom stereocenters. The Morgan fingerprint density at radius 3 is 2.43 bits per heavy atom. The SMILES string of the molecule is COCO[C@H](C#C[Si](C)(C)C)[C@H](O)CCc1ccccc1. The van der Waals surface area contributed by atoms with Crippen LogP contribution in [0.25, 0.3) is 0 Å². The third kappa shape index (κ3) is 8.03. The highest BCUT2D eigenvalue weighted by Gasteiger charge is 2.18. The fraction of sp³-hybridized carbons (Fsp3) is 0.529. The molecule has 0 aromatic heterocycles. The number of hydrogen-bond donors (Lipinski definition) is 1. The van der Waals surface area contributed by atoms with Crippen molar-refractivity contribution in [3.05, 3.63) is 35.9 Å². The predicted octanol–water partition coefficient (Wildman–Crippen LogP) is 2.85. The zero-order valence-corrected chi connectivity index (χ0v) is 14.4. The third-order valence-electron chi connectivity index (χ3n) is 2.88. The second kappa shape index (κ2) is 9.01. The maximum Gasteiger partial charge on any atom is 0.148 e. The van der Waals surface area contributed by atoms with Crippen LogP contribution < -0.4 is 0 Å². The lowest BCUT2D eigenvalue weighted by molar-refractivity contribution is -0.0905. The Morgan fingerprint density at radius 2 is 1.86 bits per heavy atom. The quantitative estimate of drug-likeness (QED) is 0.478. The first-order valence-electron chi connectivity index (χ1n) is 7.27. The molecule has 1 rings (SSSR count). The molecule has 0 spiro atoms. The van der Waals surface area contributed by atoms with Gasteiger partial charge in [0.15, 0.2) is 0 Å². The second-order valence-electron chi connectivity index (χ2n) is 6.10. The molecule has 21 heavy (non-hydrogen) atoms. The van der Waals surface area contributed by atoms with Gasteiger partial charge in [-0.3, -0.25) is 0 Å². The van der Waals surface area contributed by atoms with E-state index in [1.165, 1.54) is 5.56 Å². The molecule has 116 valence electrons. The molecule has 0 bridgehead atoms. The van der Waals surface area contributed by atoms with Crippen molar-refractivity contribution in [3.8, 4) is 11.5 Å². The Kier molecular flexibility index (Phi) is 7.69. The largest absolute Gasteiger partial charge is 0.389 e. The highest BCUT2D eigenvalue weighted by Crippen LogP contribution is 2.10. The number of aliphatic hydroxyl groups is 1. The van der Waals surface area contributed by atoms with Crippen LogP contribution in [0.4, 0.5) is 0 Å². The van der Waals surface area contributed by atoms with Crippen LogP contribution in [0.1, 0.15) is 12.0 Å². The minimum absolute atomic E-state index is 0.146. The van der Waals surface area contributed by atoms with E-state index in [-0.39, 0.29) is 6.79 Å². The maximum atomic E-state index is 10.3. The molecule has 0 fully saturated rings. The van der Waals surface area contributed by atoms with Gasteiger partial charge in [0, 0.05) is 7.11 Å². The zero-order chi connectivity index (χ0) is 15.7. The average Bonchev–Trinajstić information content (AvgIpc) is 2.45. The molecular formula is C17H26O3Si. The van der Waals surface area contributed by atoms with Gasteiger partial charge >= 0.3 is 0 Å². The number of aliphatic hydroxyl groups excluding tert-OH is 1. The summed E-state index contributed by atoms with van der Waals surface area (Å²) >= 11 is 0. The van der Waals surface area contributed by atoms with Gasteiger partial charge in [0.2, 0.25) is 0 Å². The van der Waals surface area contributed by atoms with Crippen LogP contribution in [0.15, 0.2) is 30.3 Å². The summed E-state index contributed by atoms with van der Waals surface area (Å²) in [4.78, 5) is 0. The summed E-state index contributed by atoms with van der Waals surface area (Å²) in [7, 11) is 0.0838. The van der Waals surface area contributed by atoms with Crippen LogP contribution in [-0.2, 0) is 15.9 Å². The molecule has 0 saturated carbocycles. The summed E-state index contributed by atoms with van der Waals surface area (Å²) in [6.45, 7) is 6.66. The van der Waals surface area contributed by atoms with Crippen LogP contribution in [0, 0.1) is 11.5 Å². The lowest BCUT2D eigenvalue weighted by Gasteiger charge is -2.19. The maximum absolute atomic E-state index is 10.3. The second-order valence-corrected chi connectivity index (χ2v) is 10.9. The predicted molar refractivity (Wildman–Crippen MR) is 88.6 cm³/mol. The van der Waals surface area contributed by atoms with Crippen molar-refractivity contribution in [1.29, 1.82) is 0 Å². The fourth-order valence-corrected chi connectivity index (χ4v) is 2.36. The Bertz CT molecular complexity index is 456. The minimum Gasteiger partial charge on any atom is -0.389 e. The minimum atomic E-state index is -1.48. The van der Waals surface area contributed by atoms with Crippen LogP contribution in [0.2, 0.25) is 19.6 Å². The van der Waals surface area contributed by atoms with E-state index < -0.39 is 20.3 Å². The molecule has 3 nitrogen and oxygen atoms in total. The zero-order valence-electron chi connectivity index (χ0n) is 13.4. The summed E-state index contributed by atoms with van der Waals surface area (Å²) in [6.07, 6.45) is 0.340. The topological polar surface area (TPSA) is 38.7 Å². The van der Waals surface area contributed by atoms with Gasteiger partial charge in [0.05, 0.1) is 6.10 Å². The number of aryl methyl sites for hydroxylation is 1.